The van der Waals surface area contributed by atoms with Gasteiger partial charge in [0.15, 0.2) is 0 Å². The molecule has 0 saturated carbocycles. The molecule has 0 spiro atoms. The average molecular weight is 277 g/mol. The third-order valence-electron chi connectivity index (χ3n) is 3.48. The maximum Gasteiger partial charge on any atom is 0.133 e. The minimum atomic E-state index is 0.676. The minimum absolute atomic E-state index is 0.676. The first-order valence-corrected chi connectivity index (χ1v) is 7.92. The first-order valence-electron chi connectivity index (χ1n) is 7.92. The van der Waals surface area contributed by atoms with Crippen molar-refractivity contribution in [2.75, 3.05) is 24.5 Å². The summed E-state index contributed by atoms with van der Waals surface area (Å²) in [5.74, 6) is 1.85. The lowest BCUT2D eigenvalue weighted by Crippen LogP contribution is -2.28. The normalized spacial score (nSPS) is 11.2. The van der Waals surface area contributed by atoms with Crippen molar-refractivity contribution in [3.63, 3.8) is 0 Å². The largest absolute Gasteiger partial charge is 0.357 e. The maximum absolute atomic E-state index is 4.81. The Hall–Kier alpha value is -1.09. The zero-order valence-corrected chi connectivity index (χ0v) is 14.1. The van der Waals surface area contributed by atoms with E-state index in [4.69, 9.17) is 4.98 Å². The Labute approximate surface area is 124 Å². The first-order chi connectivity index (χ1) is 9.49. The summed E-state index contributed by atoms with van der Waals surface area (Å²) in [6, 6.07) is 2.19. The molecule has 0 aliphatic rings. The van der Waals surface area contributed by atoms with Crippen molar-refractivity contribution >= 4 is 5.82 Å². The Morgan fingerprint density at radius 2 is 1.95 bits per heavy atom. The Kier molecular flexibility index (Phi) is 7.00. The number of nitrogens with zero attached hydrogens (tertiary/aromatic N) is 2. The molecule has 0 fully saturated rings. The number of anilines is 1. The third kappa shape index (κ3) is 4.78. The third-order valence-corrected chi connectivity index (χ3v) is 3.48. The van der Waals surface area contributed by atoms with Gasteiger partial charge in [0, 0.05) is 30.9 Å². The highest BCUT2D eigenvalue weighted by atomic mass is 15.2. The standard InChI is InChI=1S/C17H31N3/c1-7-9-20(8-2)17-16(12-18-11-13(3)4)14(5)10-15(6)19-17/h10,13,18H,7-9,11-12H2,1-6H3. The number of aryl methyl sites for hydroxylation is 2. The van der Waals surface area contributed by atoms with Crippen molar-refractivity contribution in [3.8, 4) is 0 Å². The van der Waals surface area contributed by atoms with E-state index in [1.807, 2.05) is 0 Å². The molecule has 0 radical (unpaired) electrons. The Morgan fingerprint density at radius 3 is 2.50 bits per heavy atom. The molecule has 1 N–H and O–H groups in total. The molecule has 0 amide bonds. The fourth-order valence-electron chi connectivity index (χ4n) is 2.49. The number of rotatable bonds is 8. The molecule has 1 heterocycles. The summed E-state index contributed by atoms with van der Waals surface area (Å²) in [7, 11) is 0. The van der Waals surface area contributed by atoms with Gasteiger partial charge in [0.25, 0.3) is 0 Å². The van der Waals surface area contributed by atoms with Crippen LogP contribution in [0.4, 0.5) is 5.82 Å². The lowest BCUT2D eigenvalue weighted by molar-refractivity contribution is 0.550. The van der Waals surface area contributed by atoms with Crippen LogP contribution in [0.2, 0.25) is 0 Å². The van der Waals surface area contributed by atoms with E-state index in [0.717, 1.165) is 38.3 Å². The summed E-state index contributed by atoms with van der Waals surface area (Å²) in [5, 5.41) is 3.56. The van der Waals surface area contributed by atoms with Crippen LogP contribution in [0.5, 0.6) is 0 Å². The van der Waals surface area contributed by atoms with E-state index in [1.54, 1.807) is 0 Å². The van der Waals surface area contributed by atoms with Gasteiger partial charge in [0.2, 0.25) is 0 Å². The molecule has 1 rings (SSSR count). The van der Waals surface area contributed by atoms with E-state index >= 15 is 0 Å². The molecule has 1 aromatic rings. The summed E-state index contributed by atoms with van der Waals surface area (Å²) in [6.07, 6.45) is 1.15. The van der Waals surface area contributed by atoms with Gasteiger partial charge in [-0.25, -0.2) is 4.98 Å². The second-order valence-corrected chi connectivity index (χ2v) is 5.99. The highest BCUT2D eigenvalue weighted by molar-refractivity contribution is 5.51. The minimum Gasteiger partial charge on any atom is -0.357 e. The molecule has 114 valence electrons. The van der Waals surface area contributed by atoms with E-state index in [2.05, 4.69) is 57.8 Å². The van der Waals surface area contributed by atoms with Crippen LogP contribution in [0.3, 0.4) is 0 Å². The van der Waals surface area contributed by atoms with Gasteiger partial charge in [-0.2, -0.15) is 0 Å². The quantitative estimate of drug-likeness (QED) is 0.785. The summed E-state index contributed by atoms with van der Waals surface area (Å²) in [6.45, 7) is 17.2. The molecule has 3 nitrogen and oxygen atoms in total. The number of hydrogen-bond acceptors (Lipinski definition) is 3. The van der Waals surface area contributed by atoms with Crippen molar-refractivity contribution in [1.82, 2.24) is 10.3 Å². The van der Waals surface area contributed by atoms with E-state index in [0.29, 0.717) is 5.92 Å². The van der Waals surface area contributed by atoms with Crippen LogP contribution < -0.4 is 10.2 Å². The summed E-state index contributed by atoms with van der Waals surface area (Å²) < 4.78 is 0. The zero-order valence-electron chi connectivity index (χ0n) is 14.1. The highest BCUT2D eigenvalue weighted by Gasteiger charge is 2.14. The molecule has 3 heteroatoms. The van der Waals surface area contributed by atoms with Gasteiger partial charge in [0.05, 0.1) is 0 Å². The average Bonchev–Trinajstić information content (AvgIpc) is 2.37. The maximum atomic E-state index is 4.81. The molecule has 0 unspecified atom stereocenters. The fourth-order valence-corrected chi connectivity index (χ4v) is 2.49. The molecular weight excluding hydrogens is 246 g/mol. The smallest absolute Gasteiger partial charge is 0.133 e. The van der Waals surface area contributed by atoms with Crippen molar-refractivity contribution in [3.05, 3.63) is 22.9 Å². The summed E-state index contributed by atoms with van der Waals surface area (Å²) in [4.78, 5) is 7.20. The summed E-state index contributed by atoms with van der Waals surface area (Å²) >= 11 is 0. The summed E-state index contributed by atoms with van der Waals surface area (Å²) in [5.41, 5.74) is 3.81. The van der Waals surface area contributed by atoms with E-state index < -0.39 is 0 Å². The van der Waals surface area contributed by atoms with Crippen molar-refractivity contribution in [2.24, 2.45) is 5.92 Å². The Bertz CT molecular complexity index is 413. The Balaban J connectivity index is 3.00. The van der Waals surface area contributed by atoms with Gasteiger partial charge in [-0.3, -0.25) is 0 Å². The second kappa shape index (κ2) is 8.25. The molecule has 1 aromatic heterocycles. The van der Waals surface area contributed by atoms with Gasteiger partial charge in [-0.15, -0.1) is 0 Å². The van der Waals surface area contributed by atoms with Crippen LogP contribution in [-0.2, 0) is 6.54 Å². The monoisotopic (exact) mass is 277 g/mol. The van der Waals surface area contributed by atoms with Crippen LogP contribution in [-0.4, -0.2) is 24.6 Å². The van der Waals surface area contributed by atoms with Gasteiger partial charge in [0.1, 0.15) is 5.82 Å². The first kappa shape index (κ1) is 17.0. The van der Waals surface area contributed by atoms with E-state index in [9.17, 15) is 0 Å². The highest BCUT2D eigenvalue weighted by Crippen LogP contribution is 2.23. The molecular formula is C17H31N3. The Morgan fingerprint density at radius 1 is 1.25 bits per heavy atom. The van der Waals surface area contributed by atoms with Gasteiger partial charge < -0.3 is 10.2 Å². The lowest BCUT2D eigenvalue weighted by Gasteiger charge is -2.26. The number of nitrogens with one attached hydrogen (secondary N) is 1. The van der Waals surface area contributed by atoms with Crippen molar-refractivity contribution in [2.45, 2.75) is 54.5 Å². The van der Waals surface area contributed by atoms with Gasteiger partial charge >= 0.3 is 0 Å². The van der Waals surface area contributed by atoms with Gasteiger partial charge in [-0.05, 0) is 51.3 Å². The predicted octanol–water partition coefficient (Wildman–Crippen LogP) is 3.68. The fraction of sp³-hybridized carbons (Fsp3) is 0.706. The number of aromatic nitrogens is 1. The van der Waals surface area contributed by atoms with Crippen LogP contribution in [0.25, 0.3) is 0 Å². The molecule has 0 aromatic carbocycles. The predicted molar refractivity (Wildman–Crippen MR) is 88.4 cm³/mol. The van der Waals surface area contributed by atoms with Crippen molar-refractivity contribution in [1.29, 1.82) is 0 Å². The van der Waals surface area contributed by atoms with Gasteiger partial charge in [-0.1, -0.05) is 20.8 Å². The SMILES string of the molecule is CCCN(CC)c1nc(C)cc(C)c1CNCC(C)C. The van der Waals surface area contributed by atoms with E-state index in [-0.39, 0.29) is 0 Å². The van der Waals surface area contributed by atoms with Crippen molar-refractivity contribution < 1.29 is 0 Å². The molecule has 0 aliphatic carbocycles. The van der Waals surface area contributed by atoms with Crippen LogP contribution >= 0.6 is 0 Å². The van der Waals surface area contributed by atoms with Crippen LogP contribution in [0, 0.1) is 19.8 Å². The topological polar surface area (TPSA) is 28.2 Å². The van der Waals surface area contributed by atoms with Crippen LogP contribution in [0.15, 0.2) is 6.07 Å². The molecule has 20 heavy (non-hydrogen) atoms. The molecule has 0 atom stereocenters. The lowest BCUT2D eigenvalue weighted by atomic mass is 10.1. The second-order valence-electron chi connectivity index (χ2n) is 5.99. The van der Waals surface area contributed by atoms with Crippen LogP contribution in [0.1, 0.15) is 50.9 Å². The molecule has 0 saturated heterocycles. The zero-order chi connectivity index (χ0) is 15.1. The number of pyridine rings is 1. The van der Waals surface area contributed by atoms with E-state index in [1.165, 1.54) is 16.9 Å². The molecule has 0 bridgehead atoms. The number of hydrogen-bond donors (Lipinski definition) is 1. The molecule has 0 aliphatic heterocycles.